The van der Waals surface area contributed by atoms with Gasteiger partial charge in [-0.1, -0.05) is 51.1 Å². The fraction of sp³-hybridized carbons (Fsp3) is 0.308. The van der Waals surface area contributed by atoms with Crippen LogP contribution in [0.5, 0.6) is 0 Å². The molecule has 0 saturated carbocycles. The molecular formula is C26H20F6N2. The third-order valence-electron chi connectivity index (χ3n) is 5.39. The average molecular weight is 474 g/mol. The van der Waals surface area contributed by atoms with Gasteiger partial charge < -0.3 is 0 Å². The highest BCUT2D eigenvalue weighted by Crippen LogP contribution is 2.39. The Balaban J connectivity index is 2.43. The van der Waals surface area contributed by atoms with E-state index in [9.17, 15) is 36.9 Å². The predicted molar refractivity (Wildman–Crippen MR) is 117 cm³/mol. The molecule has 8 heteroatoms. The largest absolute Gasteiger partial charge is 0.393 e. The average Bonchev–Trinajstić information content (AvgIpc) is 2.68. The van der Waals surface area contributed by atoms with Gasteiger partial charge in [0, 0.05) is 5.56 Å². The highest BCUT2D eigenvalue weighted by Gasteiger charge is 2.31. The van der Waals surface area contributed by atoms with Gasteiger partial charge in [0.1, 0.15) is 12.1 Å². The number of fused-ring (bicyclic) bond motifs is 1. The summed E-state index contributed by atoms with van der Waals surface area (Å²) < 4.78 is 78.8. The molecule has 0 spiro atoms. The van der Waals surface area contributed by atoms with Crippen LogP contribution in [-0.2, 0) is 18.3 Å². The summed E-state index contributed by atoms with van der Waals surface area (Å²) in [6.45, 7) is 5.86. The van der Waals surface area contributed by atoms with Crippen LogP contribution in [0.25, 0.3) is 21.9 Å². The van der Waals surface area contributed by atoms with Gasteiger partial charge in [0.15, 0.2) is 0 Å². The lowest BCUT2D eigenvalue weighted by molar-refractivity contribution is -0.127. The van der Waals surface area contributed by atoms with Gasteiger partial charge in [0.25, 0.3) is 0 Å². The number of benzene rings is 3. The molecule has 0 N–H and O–H groups in total. The van der Waals surface area contributed by atoms with Crippen LogP contribution in [0.3, 0.4) is 0 Å². The molecule has 34 heavy (non-hydrogen) atoms. The van der Waals surface area contributed by atoms with Gasteiger partial charge in [-0.2, -0.15) is 36.9 Å². The minimum atomic E-state index is -4.64. The van der Waals surface area contributed by atoms with Gasteiger partial charge >= 0.3 is 12.4 Å². The Hall–Kier alpha value is -3.52. The smallest absolute Gasteiger partial charge is 0.192 e. The summed E-state index contributed by atoms with van der Waals surface area (Å²) in [7, 11) is 0. The molecule has 0 unspecified atom stereocenters. The molecule has 3 aromatic carbocycles. The van der Waals surface area contributed by atoms with Gasteiger partial charge in [-0.05, 0) is 50.6 Å². The molecule has 3 aromatic rings. The molecule has 0 aromatic heterocycles. The van der Waals surface area contributed by atoms with E-state index in [1.807, 2.05) is 39.0 Å². The minimum Gasteiger partial charge on any atom is -0.192 e. The summed E-state index contributed by atoms with van der Waals surface area (Å²) in [5.74, 6) is 0. The zero-order valence-corrected chi connectivity index (χ0v) is 18.6. The molecule has 0 bridgehead atoms. The predicted octanol–water partition coefficient (Wildman–Crippen LogP) is 7.76. The van der Waals surface area contributed by atoms with Gasteiger partial charge in [0.2, 0.25) is 0 Å². The SMILES string of the molecule is CC(C)(C)c1ccc2cc(C#N)c(C#N)c(-c3cc(CC(F)(F)F)cc(CC(F)(F)F)c3)c2c1. The van der Waals surface area contributed by atoms with Crippen LogP contribution < -0.4 is 0 Å². The van der Waals surface area contributed by atoms with E-state index in [1.54, 1.807) is 12.1 Å². The van der Waals surface area contributed by atoms with Crippen LogP contribution in [0.4, 0.5) is 26.3 Å². The fourth-order valence-electron chi connectivity index (χ4n) is 3.94. The molecule has 0 fully saturated rings. The molecule has 0 atom stereocenters. The number of hydrogen-bond donors (Lipinski definition) is 0. The second-order valence-electron chi connectivity index (χ2n) is 9.21. The van der Waals surface area contributed by atoms with E-state index in [0.29, 0.717) is 10.8 Å². The maximum Gasteiger partial charge on any atom is 0.393 e. The first kappa shape index (κ1) is 25.1. The highest BCUT2D eigenvalue weighted by molar-refractivity contribution is 6.01. The first-order valence-corrected chi connectivity index (χ1v) is 10.3. The maximum absolute atomic E-state index is 13.1. The third kappa shape index (κ3) is 5.69. The Bertz CT molecular complexity index is 1300. The Kier molecular flexibility index (Phi) is 6.41. The standard InChI is InChI=1S/C26H20F6N2/c1-24(2,3)20-5-4-17-9-19(13-33)22(14-34)23(21(17)10-20)18-7-15(11-25(27,28)29)6-16(8-18)12-26(30,31)32/h4-10H,11-12H2,1-3H3. The zero-order valence-electron chi connectivity index (χ0n) is 18.6. The van der Waals surface area contributed by atoms with Crippen molar-refractivity contribution in [1.29, 1.82) is 10.5 Å². The lowest BCUT2D eigenvalue weighted by Crippen LogP contribution is -2.14. The van der Waals surface area contributed by atoms with Crippen LogP contribution >= 0.6 is 0 Å². The summed E-state index contributed by atoms with van der Waals surface area (Å²) in [4.78, 5) is 0. The van der Waals surface area contributed by atoms with Gasteiger partial charge in [-0.15, -0.1) is 0 Å². The summed E-state index contributed by atoms with van der Waals surface area (Å²) >= 11 is 0. The van der Waals surface area contributed by atoms with Crippen LogP contribution in [-0.4, -0.2) is 12.4 Å². The Labute approximate surface area is 193 Å². The van der Waals surface area contributed by atoms with Gasteiger partial charge in [-0.3, -0.25) is 0 Å². The summed E-state index contributed by atoms with van der Waals surface area (Å²) in [5, 5.41) is 20.4. The molecule has 0 saturated heterocycles. The number of halogens is 6. The van der Waals surface area contributed by atoms with E-state index < -0.39 is 25.2 Å². The number of nitriles is 2. The van der Waals surface area contributed by atoms with Gasteiger partial charge in [0.05, 0.1) is 24.0 Å². The highest BCUT2D eigenvalue weighted by atomic mass is 19.4. The molecule has 0 aliphatic heterocycles. The Morgan fingerprint density at radius 2 is 1.29 bits per heavy atom. The molecule has 0 radical (unpaired) electrons. The van der Waals surface area contributed by atoms with Crippen molar-refractivity contribution in [3.8, 4) is 23.3 Å². The van der Waals surface area contributed by atoms with Crippen molar-refractivity contribution < 1.29 is 26.3 Å². The van der Waals surface area contributed by atoms with E-state index in [4.69, 9.17) is 0 Å². The van der Waals surface area contributed by atoms with Crippen LogP contribution in [0.1, 0.15) is 48.6 Å². The first-order chi connectivity index (χ1) is 15.6. The summed E-state index contributed by atoms with van der Waals surface area (Å²) in [6, 6.07) is 13.9. The molecule has 0 aliphatic carbocycles. The molecule has 0 amide bonds. The lowest BCUT2D eigenvalue weighted by Gasteiger charge is -2.21. The van der Waals surface area contributed by atoms with Crippen molar-refractivity contribution in [1.82, 2.24) is 0 Å². The fourth-order valence-corrected chi connectivity index (χ4v) is 3.94. The summed E-state index contributed by atoms with van der Waals surface area (Å²) in [6.07, 6.45) is -12.1. The third-order valence-corrected chi connectivity index (χ3v) is 5.39. The lowest BCUT2D eigenvalue weighted by atomic mass is 9.82. The van der Waals surface area contributed by atoms with Crippen molar-refractivity contribution in [2.45, 2.75) is 51.4 Å². The zero-order chi connectivity index (χ0) is 25.5. The van der Waals surface area contributed by atoms with Crippen molar-refractivity contribution in [2.75, 3.05) is 0 Å². The van der Waals surface area contributed by atoms with E-state index in [0.717, 1.165) is 23.8 Å². The second-order valence-corrected chi connectivity index (χ2v) is 9.21. The van der Waals surface area contributed by atoms with Crippen molar-refractivity contribution >= 4 is 10.8 Å². The quantitative estimate of drug-likeness (QED) is 0.364. The molecule has 0 aliphatic rings. The maximum atomic E-state index is 13.1. The number of hydrogen-bond acceptors (Lipinski definition) is 2. The van der Waals surface area contributed by atoms with E-state index in [1.165, 1.54) is 6.07 Å². The number of alkyl halides is 6. The molecule has 176 valence electrons. The van der Waals surface area contributed by atoms with E-state index in [2.05, 4.69) is 0 Å². The number of rotatable bonds is 3. The van der Waals surface area contributed by atoms with Crippen LogP contribution in [0.2, 0.25) is 0 Å². The first-order valence-electron chi connectivity index (χ1n) is 10.3. The molecular weight excluding hydrogens is 454 g/mol. The normalized spacial score (nSPS) is 12.4. The topological polar surface area (TPSA) is 47.6 Å². The molecule has 3 rings (SSSR count). The van der Waals surface area contributed by atoms with E-state index in [-0.39, 0.29) is 38.8 Å². The van der Waals surface area contributed by atoms with Crippen molar-refractivity contribution in [2.24, 2.45) is 0 Å². The number of nitrogens with zero attached hydrogens (tertiary/aromatic N) is 2. The summed E-state index contributed by atoms with van der Waals surface area (Å²) in [5.41, 5.74) is -0.0784. The Morgan fingerprint density at radius 3 is 1.74 bits per heavy atom. The van der Waals surface area contributed by atoms with Crippen LogP contribution in [0.15, 0.2) is 42.5 Å². The molecule has 0 heterocycles. The van der Waals surface area contributed by atoms with Crippen LogP contribution in [0, 0.1) is 22.7 Å². The Morgan fingerprint density at radius 1 is 0.735 bits per heavy atom. The van der Waals surface area contributed by atoms with Gasteiger partial charge in [-0.25, -0.2) is 0 Å². The monoisotopic (exact) mass is 474 g/mol. The van der Waals surface area contributed by atoms with E-state index >= 15 is 0 Å². The second kappa shape index (κ2) is 8.68. The minimum absolute atomic E-state index is 0.00731. The van der Waals surface area contributed by atoms with Crippen molar-refractivity contribution in [3.05, 3.63) is 70.3 Å². The van der Waals surface area contributed by atoms with Crippen molar-refractivity contribution in [3.63, 3.8) is 0 Å². The molecule has 2 nitrogen and oxygen atoms in total.